The summed E-state index contributed by atoms with van der Waals surface area (Å²) in [6.45, 7) is 0.797. The van der Waals surface area contributed by atoms with Gasteiger partial charge in [0, 0.05) is 17.9 Å². The zero-order chi connectivity index (χ0) is 11.7. The first-order valence-electron chi connectivity index (χ1n) is 6.63. The number of fused-ring (bicyclic) bond motifs is 1. The van der Waals surface area contributed by atoms with Crippen LogP contribution in [0.4, 0.5) is 0 Å². The third-order valence-electron chi connectivity index (χ3n) is 3.89. The van der Waals surface area contributed by atoms with Crippen LogP contribution in [0, 0.1) is 0 Å². The van der Waals surface area contributed by atoms with E-state index in [9.17, 15) is 4.79 Å². The van der Waals surface area contributed by atoms with Gasteiger partial charge in [0.15, 0.2) is 0 Å². The first kappa shape index (κ1) is 10.8. The summed E-state index contributed by atoms with van der Waals surface area (Å²) in [5.41, 5.74) is 2.43. The zero-order valence-corrected chi connectivity index (χ0v) is 10.1. The Bertz CT molecular complexity index is 437. The largest absolute Gasteiger partial charge is 0.493 e. The summed E-state index contributed by atoms with van der Waals surface area (Å²) in [5, 5.41) is 0. The van der Waals surface area contributed by atoms with Crippen LogP contribution in [0.5, 0.6) is 5.75 Å². The second-order valence-electron chi connectivity index (χ2n) is 5.05. The minimum atomic E-state index is 0.0943. The fourth-order valence-electron chi connectivity index (χ4n) is 3.00. The molecule has 0 aromatic heterocycles. The maximum atomic E-state index is 12.0. The van der Waals surface area contributed by atoms with Crippen LogP contribution in [0.15, 0.2) is 18.2 Å². The number of rotatable bonds is 1. The number of benzene rings is 1. The van der Waals surface area contributed by atoms with Crippen molar-refractivity contribution in [2.24, 2.45) is 0 Å². The van der Waals surface area contributed by atoms with Crippen molar-refractivity contribution in [1.82, 2.24) is 0 Å². The van der Waals surface area contributed by atoms with E-state index in [1.807, 2.05) is 0 Å². The second kappa shape index (κ2) is 4.52. The van der Waals surface area contributed by atoms with Gasteiger partial charge < -0.3 is 4.74 Å². The average Bonchev–Trinajstić information content (AvgIpc) is 2.39. The molecule has 17 heavy (non-hydrogen) atoms. The zero-order valence-electron chi connectivity index (χ0n) is 10.1. The van der Waals surface area contributed by atoms with Crippen molar-refractivity contribution >= 4 is 5.78 Å². The predicted molar refractivity (Wildman–Crippen MR) is 66.5 cm³/mol. The third-order valence-corrected chi connectivity index (χ3v) is 3.89. The fourth-order valence-corrected chi connectivity index (χ4v) is 3.00. The van der Waals surface area contributed by atoms with Crippen LogP contribution in [0.25, 0.3) is 0 Å². The molecule has 0 bridgehead atoms. The maximum absolute atomic E-state index is 12.0. The Balaban J connectivity index is 1.99. The lowest BCUT2D eigenvalue weighted by Crippen LogP contribution is -2.20. The van der Waals surface area contributed by atoms with E-state index in [0.717, 1.165) is 50.0 Å². The number of Topliss-reactive ketones (excluding diaryl/α,β-unsaturated/α-hetero) is 1. The highest BCUT2D eigenvalue weighted by Crippen LogP contribution is 2.38. The number of para-hydroxylation sites is 1. The number of hydrogen-bond acceptors (Lipinski definition) is 2. The lowest BCUT2D eigenvalue weighted by Gasteiger charge is -2.26. The van der Waals surface area contributed by atoms with Crippen LogP contribution in [0.3, 0.4) is 0 Å². The Morgan fingerprint density at radius 1 is 1.12 bits per heavy atom. The minimum Gasteiger partial charge on any atom is -0.493 e. The molecular formula is C15H18O2. The van der Waals surface area contributed by atoms with Gasteiger partial charge in [-0.1, -0.05) is 24.6 Å². The Kier molecular flexibility index (Phi) is 2.87. The van der Waals surface area contributed by atoms with E-state index in [0.29, 0.717) is 5.78 Å². The lowest BCUT2D eigenvalue weighted by molar-refractivity contribution is -0.121. The molecule has 1 saturated carbocycles. The van der Waals surface area contributed by atoms with E-state index >= 15 is 0 Å². The molecule has 0 spiro atoms. The first-order valence-corrected chi connectivity index (χ1v) is 6.63. The van der Waals surface area contributed by atoms with Crippen LogP contribution in [0.2, 0.25) is 0 Å². The number of carbonyl (C=O) groups excluding carboxylic acids is 1. The molecule has 1 atom stereocenters. The normalized spacial score (nSPS) is 24.0. The number of ether oxygens (including phenoxy) is 1. The number of ketones is 1. The van der Waals surface area contributed by atoms with Gasteiger partial charge in [0.1, 0.15) is 11.5 Å². The van der Waals surface area contributed by atoms with Crippen molar-refractivity contribution in [2.75, 3.05) is 6.61 Å². The summed E-state index contributed by atoms with van der Waals surface area (Å²) >= 11 is 0. The summed E-state index contributed by atoms with van der Waals surface area (Å²) in [5.74, 6) is 1.51. The van der Waals surface area contributed by atoms with Crippen LogP contribution < -0.4 is 4.74 Å². The minimum absolute atomic E-state index is 0.0943. The van der Waals surface area contributed by atoms with E-state index in [4.69, 9.17) is 4.74 Å². The van der Waals surface area contributed by atoms with Gasteiger partial charge in [-0.15, -0.1) is 0 Å². The van der Waals surface area contributed by atoms with Gasteiger partial charge in [0.05, 0.1) is 6.61 Å². The molecule has 1 unspecified atom stereocenters. The van der Waals surface area contributed by atoms with E-state index in [1.54, 1.807) is 0 Å². The van der Waals surface area contributed by atoms with Crippen LogP contribution in [-0.4, -0.2) is 12.4 Å². The number of hydrogen-bond donors (Lipinski definition) is 0. The number of carbonyl (C=O) groups is 1. The van der Waals surface area contributed by atoms with Crippen molar-refractivity contribution in [1.29, 1.82) is 0 Å². The van der Waals surface area contributed by atoms with Crippen LogP contribution in [-0.2, 0) is 11.2 Å². The van der Waals surface area contributed by atoms with Gasteiger partial charge in [-0.05, 0) is 31.2 Å². The molecule has 90 valence electrons. The quantitative estimate of drug-likeness (QED) is 0.740. The van der Waals surface area contributed by atoms with Gasteiger partial charge >= 0.3 is 0 Å². The predicted octanol–water partition coefficient (Wildman–Crippen LogP) is 3.24. The van der Waals surface area contributed by atoms with Gasteiger partial charge in [-0.2, -0.15) is 0 Å². The molecular weight excluding hydrogens is 212 g/mol. The topological polar surface area (TPSA) is 26.3 Å². The molecule has 2 nitrogen and oxygen atoms in total. The van der Waals surface area contributed by atoms with E-state index in [1.165, 1.54) is 12.0 Å². The van der Waals surface area contributed by atoms with Gasteiger partial charge in [-0.3, -0.25) is 4.79 Å². The lowest BCUT2D eigenvalue weighted by atomic mass is 9.81. The van der Waals surface area contributed by atoms with Gasteiger partial charge in [0.2, 0.25) is 0 Å². The smallest absolute Gasteiger partial charge is 0.140 e. The second-order valence-corrected chi connectivity index (χ2v) is 5.05. The molecule has 1 aliphatic carbocycles. The van der Waals surface area contributed by atoms with Crippen LogP contribution in [0.1, 0.15) is 49.1 Å². The Morgan fingerprint density at radius 3 is 2.94 bits per heavy atom. The molecule has 0 saturated heterocycles. The summed E-state index contributed by atoms with van der Waals surface area (Å²) in [6, 6.07) is 6.29. The maximum Gasteiger partial charge on any atom is 0.140 e. The third kappa shape index (κ3) is 1.97. The molecule has 3 rings (SSSR count). The first-order chi connectivity index (χ1) is 8.36. The molecule has 0 amide bonds. The molecule has 1 aliphatic heterocycles. The summed E-state index contributed by atoms with van der Waals surface area (Å²) in [7, 11) is 0. The molecule has 1 aromatic rings. The fraction of sp³-hybridized carbons (Fsp3) is 0.533. The highest BCUT2D eigenvalue weighted by molar-refractivity contribution is 5.87. The number of aryl methyl sites for hydroxylation is 1. The molecule has 2 aliphatic rings. The average molecular weight is 230 g/mol. The molecule has 1 aromatic carbocycles. The van der Waals surface area contributed by atoms with E-state index in [2.05, 4.69) is 18.2 Å². The molecule has 1 heterocycles. The Labute approximate surface area is 102 Å². The van der Waals surface area contributed by atoms with Crippen LogP contribution >= 0.6 is 0 Å². The van der Waals surface area contributed by atoms with E-state index < -0.39 is 0 Å². The monoisotopic (exact) mass is 230 g/mol. The SMILES string of the molecule is O=C1CCCCC1c1cccc2c1OCCC2. The van der Waals surface area contributed by atoms with Gasteiger partial charge in [-0.25, -0.2) is 0 Å². The Hall–Kier alpha value is -1.31. The Morgan fingerprint density at radius 2 is 2.06 bits per heavy atom. The van der Waals surface area contributed by atoms with Crippen molar-refractivity contribution < 1.29 is 9.53 Å². The standard InChI is InChI=1S/C15H18O2/c16-14-9-2-1-7-12(14)13-8-3-5-11-6-4-10-17-15(11)13/h3,5,8,12H,1-2,4,6-7,9-10H2. The molecule has 2 heteroatoms. The summed E-state index contributed by atoms with van der Waals surface area (Å²) in [4.78, 5) is 12.0. The highest BCUT2D eigenvalue weighted by atomic mass is 16.5. The van der Waals surface area contributed by atoms with E-state index in [-0.39, 0.29) is 5.92 Å². The molecule has 0 radical (unpaired) electrons. The van der Waals surface area contributed by atoms with Crippen molar-refractivity contribution in [3.05, 3.63) is 29.3 Å². The van der Waals surface area contributed by atoms with Crippen molar-refractivity contribution in [3.63, 3.8) is 0 Å². The van der Waals surface area contributed by atoms with Crippen molar-refractivity contribution in [3.8, 4) is 5.75 Å². The van der Waals surface area contributed by atoms with Gasteiger partial charge in [0.25, 0.3) is 0 Å². The van der Waals surface area contributed by atoms with Crippen molar-refractivity contribution in [2.45, 2.75) is 44.4 Å². The summed E-state index contributed by atoms with van der Waals surface area (Å²) < 4.78 is 5.80. The molecule has 0 N–H and O–H groups in total. The highest BCUT2D eigenvalue weighted by Gasteiger charge is 2.28. The molecule has 1 fully saturated rings. The summed E-state index contributed by atoms with van der Waals surface area (Å²) in [6.07, 6.45) is 6.15.